The van der Waals surface area contributed by atoms with Crippen LogP contribution in [0.15, 0.2) is 83.7 Å². The maximum Gasteiger partial charge on any atom is 0.253 e. The number of rotatable bonds is 7. The number of aromatic amines is 1. The van der Waals surface area contributed by atoms with Crippen LogP contribution in [-0.2, 0) is 19.5 Å². The molecule has 33 heavy (non-hydrogen) atoms. The molecule has 0 bridgehead atoms. The molecule has 2 N–H and O–H groups in total. The molecule has 1 heterocycles. The third kappa shape index (κ3) is 5.68. The Morgan fingerprint density at radius 2 is 1.52 bits per heavy atom. The molecule has 0 saturated carbocycles. The lowest BCUT2D eigenvalue weighted by atomic mass is 10.0. The Morgan fingerprint density at radius 1 is 0.879 bits per heavy atom. The summed E-state index contributed by atoms with van der Waals surface area (Å²) in [5.74, 6) is 0. The topological polar surface area (TPSA) is 48.1 Å². The predicted molar refractivity (Wildman–Crippen MR) is 140 cm³/mol. The largest absolute Gasteiger partial charge is 0.362 e. The van der Waals surface area contributed by atoms with Gasteiger partial charge in [-0.25, -0.2) is 0 Å². The summed E-state index contributed by atoms with van der Waals surface area (Å²) >= 11 is 5.78. The second kappa shape index (κ2) is 10.5. The molecule has 0 saturated heterocycles. The smallest absolute Gasteiger partial charge is 0.253 e. The highest BCUT2D eigenvalue weighted by Gasteiger charge is 2.15. The van der Waals surface area contributed by atoms with Gasteiger partial charge in [0.1, 0.15) is 0 Å². The van der Waals surface area contributed by atoms with Crippen LogP contribution in [0.25, 0.3) is 10.9 Å². The minimum Gasteiger partial charge on any atom is -0.362 e. The van der Waals surface area contributed by atoms with Gasteiger partial charge in [-0.05, 0) is 60.8 Å². The number of hydrogen-bond donors (Lipinski definition) is 2. The number of fused-ring (bicyclic) bond motifs is 1. The van der Waals surface area contributed by atoms with Gasteiger partial charge in [0.25, 0.3) is 5.56 Å². The first-order valence-electron chi connectivity index (χ1n) is 11.2. The van der Waals surface area contributed by atoms with Gasteiger partial charge in [0.15, 0.2) is 5.11 Å². The van der Waals surface area contributed by atoms with Crippen molar-refractivity contribution in [3.63, 3.8) is 0 Å². The predicted octanol–water partition coefficient (Wildman–Crippen LogP) is 5.26. The number of hydrogen-bond acceptors (Lipinski definition) is 2. The van der Waals surface area contributed by atoms with E-state index in [0.717, 1.165) is 40.6 Å². The molecule has 1 aromatic heterocycles. The van der Waals surface area contributed by atoms with Crippen molar-refractivity contribution in [3.8, 4) is 0 Å². The van der Waals surface area contributed by atoms with Crippen molar-refractivity contribution >= 4 is 28.2 Å². The van der Waals surface area contributed by atoms with Gasteiger partial charge in [-0.1, -0.05) is 72.8 Å². The molecule has 5 heteroatoms. The van der Waals surface area contributed by atoms with Crippen LogP contribution in [0.2, 0.25) is 0 Å². The summed E-state index contributed by atoms with van der Waals surface area (Å²) in [5, 5.41) is 5.12. The Balaban J connectivity index is 1.57. The van der Waals surface area contributed by atoms with Gasteiger partial charge in [0.05, 0.1) is 12.1 Å². The highest BCUT2D eigenvalue weighted by molar-refractivity contribution is 7.80. The Labute approximate surface area is 200 Å². The van der Waals surface area contributed by atoms with Crippen LogP contribution in [0.4, 0.5) is 0 Å². The summed E-state index contributed by atoms with van der Waals surface area (Å²) in [4.78, 5) is 18.1. The van der Waals surface area contributed by atoms with Crippen molar-refractivity contribution in [3.05, 3.63) is 117 Å². The van der Waals surface area contributed by atoms with E-state index in [9.17, 15) is 4.79 Å². The van der Waals surface area contributed by atoms with Crippen molar-refractivity contribution in [1.29, 1.82) is 0 Å². The SMILES string of the molecule is Cc1ccc(C)c2[nH]c(=O)c(CN(Cc3ccccc3)C(=S)NCCc3ccccc3)cc12. The molecule has 4 rings (SSSR count). The molecule has 0 radical (unpaired) electrons. The van der Waals surface area contributed by atoms with E-state index >= 15 is 0 Å². The molecule has 0 aliphatic heterocycles. The Morgan fingerprint density at radius 3 is 2.21 bits per heavy atom. The molecule has 4 nitrogen and oxygen atoms in total. The Bertz CT molecular complexity index is 1300. The van der Waals surface area contributed by atoms with Crippen molar-refractivity contribution in [2.75, 3.05) is 6.54 Å². The Kier molecular flexibility index (Phi) is 7.20. The highest BCUT2D eigenvalue weighted by atomic mass is 32.1. The second-order valence-corrected chi connectivity index (χ2v) is 8.81. The molecular weight excluding hydrogens is 426 g/mol. The highest BCUT2D eigenvalue weighted by Crippen LogP contribution is 2.20. The van der Waals surface area contributed by atoms with Crippen LogP contribution in [0.5, 0.6) is 0 Å². The average Bonchev–Trinajstić information content (AvgIpc) is 2.83. The van der Waals surface area contributed by atoms with Crippen molar-refractivity contribution in [1.82, 2.24) is 15.2 Å². The van der Waals surface area contributed by atoms with Crippen molar-refractivity contribution < 1.29 is 0 Å². The standard InChI is InChI=1S/C28H29N3OS/c1-20-13-14-21(2)26-25(20)17-24(27(32)30-26)19-31(18-23-11-7-4-8-12-23)28(33)29-16-15-22-9-5-3-6-10-22/h3-14,17H,15-16,18-19H2,1-2H3,(H,29,33)(H,30,32). The summed E-state index contributed by atoms with van der Waals surface area (Å²) in [6.07, 6.45) is 0.884. The summed E-state index contributed by atoms with van der Waals surface area (Å²) < 4.78 is 0. The van der Waals surface area contributed by atoms with E-state index in [1.165, 1.54) is 5.56 Å². The fourth-order valence-electron chi connectivity index (χ4n) is 4.01. The van der Waals surface area contributed by atoms with Crippen LogP contribution < -0.4 is 10.9 Å². The number of thiocarbonyl (C=S) groups is 1. The first-order valence-corrected chi connectivity index (χ1v) is 11.6. The first-order chi connectivity index (χ1) is 16.0. The average molecular weight is 456 g/mol. The van der Waals surface area contributed by atoms with Gasteiger partial charge < -0.3 is 15.2 Å². The summed E-state index contributed by atoms with van der Waals surface area (Å²) in [6, 6.07) is 26.7. The van der Waals surface area contributed by atoms with E-state index in [-0.39, 0.29) is 5.56 Å². The maximum atomic E-state index is 13.0. The van der Waals surface area contributed by atoms with E-state index in [2.05, 4.69) is 52.5 Å². The third-order valence-electron chi connectivity index (χ3n) is 5.92. The second-order valence-electron chi connectivity index (χ2n) is 8.42. The van der Waals surface area contributed by atoms with E-state index in [4.69, 9.17) is 12.2 Å². The molecule has 4 aromatic rings. The quantitative estimate of drug-likeness (QED) is 0.373. The summed E-state index contributed by atoms with van der Waals surface area (Å²) in [5.41, 5.74) is 6.17. The fourth-order valence-corrected chi connectivity index (χ4v) is 4.25. The van der Waals surface area contributed by atoms with Gasteiger partial charge in [-0.3, -0.25) is 4.79 Å². The number of aryl methyl sites for hydroxylation is 2. The lowest BCUT2D eigenvalue weighted by Gasteiger charge is -2.26. The normalized spacial score (nSPS) is 10.8. The molecule has 168 valence electrons. The number of pyridine rings is 1. The van der Waals surface area contributed by atoms with Gasteiger partial charge >= 0.3 is 0 Å². The molecule has 0 atom stereocenters. The maximum absolute atomic E-state index is 13.0. The van der Waals surface area contributed by atoms with Crippen LogP contribution in [-0.4, -0.2) is 21.5 Å². The molecule has 0 amide bonds. The van der Waals surface area contributed by atoms with Gasteiger partial charge in [0.2, 0.25) is 0 Å². The lowest BCUT2D eigenvalue weighted by molar-refractivity contribution is 0.398. The summed E-state index contributed by atoms with van der Waals surface area (Å²) in [6.45, 7) is 5.89. The number of aromatic nitrogens is 1. The van der Waals surface area contributed by atoms with E-state index in [1.807, 2.05) is 55.5 Å². The molecule has 0 fully saturated rings. The van der Waals surface area contributed by atoms with Gasteiger partial charge in [-0.2, -0.15) is 0 Å². The molecule has 0 unspecified atom stereocenters. The Hall–Kier alpha value is -3.44. The zero-order valence-corrected chi connectivity index (χ0v) is 19.9. The molecular formula is C28H29N3OS. The monoisotopic (exact) mass is 455 g/mol. The summed E-state index contributed by atoms with van der Waals surface area (Å²) in [7, 11) is 0. The van der Waals surface area contributed by atoms with Crippen LogP contribution in [0, 0.1) is 13.8 Å². The van der Waals surface area contributed by atoms with Gasteiger partial charge in [-0.15, -0.1) is 0 Å². The lowest BCUT2D eigenvalue weighted by Crippen LogP contribution is -2.40. The van der Waals surface area contributed by atoms with E-state index in [0.29, 0.717) is 23.8 Å². The number of nitrogens with zero attached hydrogens (tertiary/aromatic N) is 1. The van der Waals surface area contributed by atoms with Crippen LogP contribution in [0.3, 0.4) is 0 Å². The minimum absolute atomic E-state index is 0.0682. The zero-order valence-electron chi connectivity index (χ0n) is 19.1. The number of nitrogens with one attached hydrogen (secondary N) is 2. The van der Waals surface area contributed by atoms with Crippen molar-refractivity contribution in [2.45, 2.75) is 33.4 Å². The van der Waals surface area contributed by atoms with Crippen LogP contribution in [0.1, 0.15) is 27.8 Å². The molecule has 0 aliphatic carbocycles. The number of H-pyrrole nitrogens is 1. The first kappa shape index (κ1) is 22.7. The third-order valence-corrected chi connectivity index (χ3v) is 6.32. The minimum atomic E-state index is -0.0682. The van der Waals surface area contributed by atoms with Crippen LogP contribution >= 0.6 is 12.2 Å². The van der Waals surface area contributed by atoms with E-state index in [1.54, 1.807) is 0 Å². The van der Waals surface area contributed by atoms with Crippen molar-refractivity contribution in [2.24, 2.45) is 0 Å². The van der Waals surface area contributed by atoms with Gasteiger partial charge in [0, 0.05) is 24.0 Å². The van der Waals surface area contributed by atoms with E-state index < -0.39 is 0 Å². The zero-order chi connectivity index (χ0) is 23.2. The fraction of sp³-hybridized carbons (Fsp3) is 0.214. The molecule has 0 aliphatic rings. The molecule has 0 spiro atoms. The molecule has 3 aromatic carbocycles. The number of benzene rings is 3.